The monoisotopic (exact) mass is 608 g/mol. The Hall–Kier alpha value is -5.16. The van der Waals surface area contributed by atoms with E-state index >= 15 is 0 Å². The lowest BCUT2D eigenvalue weighted by atomic mass is 10.2. The zero-order valence-electron chi connectivity index (χ0n) is 24.8. The quantitative estimate of drug-likeness (QED) is 0.326. The molecule has 0 aliphatic carbocycles. The first-order valence-corrected chi connectivity index (χ1v) is 13.5. The van der Waals surface area contributed by atoms with E-state index in [9.17, 15) is 32.8 Å². The molecule has 1 atom stereocenters. The summed E-state index contributed by atoms with van der Waals surface area (Å²) in [6.07, 6.45) is -3.23. The van der Waals surface area contributed by atoms with Gasteiger partial charge in [-0.1, -0.05) is 6.07 Å². The summed E-state index contributed by atoms with van der Waals surface area (Å²) in [4.78, 5) is 44.0. The molecule has 2 heterocycles. The first-order valence-electron chi connectivity index (χ1n) is 13.5. The molecule has 14 heteroatoms. The third kappa shape index (κ3) is 6.42. The number of carbonyl (C=O) groups is 2. The summed E-state index contributed by atoms with van der Waals surface area (Å²) in [5.74, 6) is -0.397. The molecule has 2 amide bonds. The van der Waals surface area contributed by atoms with Crippen molar-refractivity contribution in [3.05, 3.63) is 88.1 Å². The fraction of sp³-hybridized carbons (Fsp3) is 0.300. The van der Waals surface area contributed by atoms with Gasteiger partial charge in [-0.15, -0.1) is 0 Å². The Kier molecular flexibility index (Phi) is 9.10. The van der Waals surface area contributed by atoms with Crippen LogP contribution in [0.15, 0.2) is 65.6 Å². The number of rotatable bonds is 8. The molecule has 0 saturated carbocycles. The molecule has 1 N–H and O–H groups in total. The van der Waals surface area contributed by atoms with Crippen LogP contribution >= 0.6 is 0 Å². The van der Waals surface area contributed by atoms with Crippen molar-refractivity contribution < 1.29 is 22.8 Å². The molecule has 0 unspecified atom stereocenters. The number of halogens is 3. The van der Waals surface area contributed by atoms with Crippen LogP contribution in [-0.2, 0) is 11.0 Å². The predicted molar refractivity (Wildman–Crippen MR) is 157 cm³/mol. The molecule has 0 spiro atoms. The molecule has 0 aliphatic heterocycles. The fourth-order valence-electron chi connectivity index (χ4n) is 4.69. The molecule has 2 aromatic carbocycles. The van der Waals surface area contributed by atoms with Gasteiger partial charge in [0.05, 0.1) is 46.2 Å². The zero-order chi connectivity index (χ0) is 32.3. The number of hydrogen-bond donors (Lipinski definition) is 1. The minimum absolute atomic E-state index is 0.0485. The Morgan fingerprint density at radius 1 is 1.05 bits per heavy atom. The van der Waals surface area contributed by atoms with Crippen molar-refractivity contribution in [2.24, 2.45) is 0 Å². The van der Waals surface area contributed by atoms with Gasteiger partial charge in [0.2, 0.25) is 5.91 Å². The van der Waals surface area contributed by atoms with Crippen LogP contribution in [0.5, 0.6) is 0 Å². The summed E-state index contributed by atoms with van der Waals surface area (Å²) in [5, 5.41) is 16.1. The summed E-state index contributed by atoms with van der Waals surface area (Å²) < 4.78 is 44.0. The SMILES string of the molecule is Cc1c(-c2ccnn2-c2ccc(C#N)cc2)n(C(=O)N[C@@H](C)C(=O)N(C)CCN(C)C)c(=O)n1-c1cccc(C(F)(F)F)c1. The van der Waals surface area contributed by atoms with E-state index < -0.39 is 35.4 Å². The number of aromatic nitrogens is 4. The number of nitrogens with one attached hydrogen (secondary N) is 1. The Morgan fingerprint density at radius 3 is 2.34 bits per heavy atom. The van der Waals surface area contributed by atoms with Gasteiger partial charge in [-0.3, -0.25) is 9.36 Å². The van der Waals surface area contributed by atoms with E-state index in [0.717, 1.165) is 21.3 Å². The molecule has 0 radical (unpaired) electrons. The lowest BCUT2D eigenvalue weighted by Gasteiger charge is -2.23. The molecule has 0 bridgehead atoms. The van der Waals surface area contributed by atoms with E-state index in [2.05, 4.69) is 10.4 Å². The number of nitrogens with zero attached hydrogens (tertiary/aromatic N) is 7. The molecule has 4 aromatic rings. The number of nitriles is 1. The molecule has 0 aliphatic rings. The minimum atomic E-state index is -4.67. The topological polar surface area (TPSA) is 121 Å². The molecule has 230 valence electrons. The van der Waals surface area contributed by atoms with E-state index in [1.807, 2.05) is 25.1 Å². The van der Waals surface area contributed by atoms with Crippen LogP contribution in [-0.4, -0.2) is 80.9 Å². The summed E-state index contributed by atoms with van der Waals surface area (Å²) >= 11 is 0. The average Bonchev–Trinajstić information content (AvgIpc) is 3.56. The molecule has 0 saturated heterocycles. The molecular weight excluding hydrogens is 577 g/mol. The largest absolute Gasteiger partial charge is 0.416 e. The smallest absolute Gasteiger partial charge is 0.343 e. The van der Waals surface area contributed by atoms with Gasteiger partial charge >= 0.3 is 17.9 Å². The van der Waals surface area contributed by atoms with Crippen LogP contribution in [0.3, 0.4) is 0 Å². The van der Waals surface area contributed by atoms with Crippen LogP contribution in [0, 0.1) is 18.3 Å². The van der Waals surface area contributed by atoms with E-state index in [1.54, 1.807) is 37.4 Å². The van der Waals surface area contributed by atoms with E-state index in [0.29, 0.717) is 24.3 Å². The number of hydrogen-bond acceptors (Lipinski definition) is 6. The number of benzene rings is 2. The van der Waals surface area contributed by atoms with Gasteiger partial charge in [0.15, 0.2) is 0 Å². The highest BCUT2D eigenvalue weighted by atomic mass is 19.4. The van der Waals surface area contributed by atoms with Crippen molar-refractivity contribution in [2.45, 2.75) is 26.1 Å². The lowest BCUT2D eigenvalue weighted by Crippen LogP contribution is -2.49. The Morgan fingerprint density at radius 2 is 1.73 bits per heavy atom. The molecule has 0 fully saturated rings. The van der Waals surface area contributed by atoms with Gasteiger partial charge < -0.3 is 15.1 Å². The minimum Gasteiger partial charge on any atom is -0.343 e. The summed E-state index contributed by atoms with van der Waals surface area (Å²) in [6, 6.07) is 12.2. The number of imidazole rings is 1. The number of carbonyl (C=O) groups excluding carboxylic acids is 2. The van der Waals surface area contributed by atoms with Gasteiger partial charge in [0, 0.05) is 20.1 Å². The lowest BCUT2D eigenvalue weighted by molar-refractivity contribution is -0.137. The second-order valence-corrected chi connectivity index (χ2v) is 10.5. The fourth-order valence-corrected chi connectivity index (χ4v) is 4.69. The first-order chi connectivity index (χ1) is 20.7. The van der Waals surface area contributed by atoms with Crippen LogP contribution in [0.1, 0.15) is 23.7 Å². The maximum absolute atomic E-state index is 13.9. The summed E-state index contributed by atoms with van der Waals surface area (Å²) in [6.45, 7) is 3.96. The highest BCUT2D eigenvalue weighted by molar-refractivity contribution is 5.89. The third-order valence-electron chi connectivity index (χ3n) is 7.01. The summed E-state index contributed by atoms with van der Waals surface area (Å²) in [5.41, 5.74) is -0.639. The van der Waals surface area contributed by atoms with Crippen LogP contribution in [0.2, 0.25) is 0 Å². The standard InChI is InChI=1S/C30H31F3N8O3/c1-19(27(42)38(5)16-15-37(3)4)36-28(43)40-26(25-13-14-35-41(25)23-11-9-21(18-34)10-12-23)20(2)39(29(40)44)24-8-6-7-22(17-24)30(31,32)33/h6-14,17,19H,15-16H2,1-5H3,(H,36,43)/t19-/m0/s1. The third-order valence-corrected chi connectivity index (χ3v) is 7.01. The van der Waals surface area contributed by atoms with Gasteiger partial charge in [-0.25, -0.2) is 18.8 Å². The molecule has 11 nitrogen and oxygen atoms in total. The van der Waals surface area contributed by atoms with Crippen LogP contribution in [0.4, 0.5) is 18.0 Å². The van der Waals surface area contributed by atoms with Crippen molar-refractivity contribution in [1.82, 2.24) is 34.0 Å². The second-order valence-electron chi connectivity index (χ2n) is 10.5. The summed E-state index contributed by atoms with van der Waals surface area (Å²) in [7, 11) is 5.31. The first kappa shape index (κ1) is 31.8. The number of amides is 2. The van der Waals surface area contributed by atoms with Gasteiger partial charge in [-0.05, 0) is 76.5 Å². The van der Waals surface area contributed by atoms with E-state index in [-0.39, 0.29) is 22.8 Å². The van der Waals surface area contributed by atoms with Crippen LogP contribution in [0.25, 0.3) is 22.8 Å². The molecule has 4 rings (SSSR count). The van der Waals surface area contributed by atoms with Crippen molar-refractivity contribution in [1.29, 1.82) is 5.26 Å². The zero-order valence-corrected chi connectivity index (χ0v) is 24.8. The number of likely N-dealkylation sites (N-methyl/N-ethyl adjacent to an activating group) is 2. The van der Waals surface area contributed by atoms with Crippen molar-refractivity contribution in [3.8, 4) is 28.8 Å². The maximum atomic E-state index is 13.9. The maximum Gasteiger partial charge on any atom is 0.416 e. The van der Waals surface area contributed by atoms with Crippen molar-refractivity contribution in [3.63, 3.8) is 0 Å². The van der Waals surface area contributed by atoms with Gasteiger partial charge in [0.1, 0.15) is 11.7 Å². The predicted octanol–water partition coefficient (Wildman–Crippen LogP) is 3.66. The van der Waals surface area contributed by atoms with E-state index in [4.69, 9.17) is 0 Å². The Bertz CT molecular complexity index is 1780. The molecular formula is C30H31F3N8O3. The average molecular weight is 609 g/mol. The normalized spacial score (nSPS) is 12.2. The van der Waals surface area contributed by atoms with Crippen molar-refractivity contribution >= 4 is 11.9 Å². The Labute approximate surface area is 251 Å². The highest BCUT2D eigenvalue weighted by Gasteiger charge is 2.32. The molecule has 44 heavy (non-hydrogen) atoms. The Balaban J connectivity index is 1.86. The van der Waals surface area contributed by atoms with Gasteiger partial charge in [0.25, 0.3) is 0 Å². The molecule has 2 aromatic heterocycles. The van der Waals surface area contributed by atoms with E-state index in [1.165, 1.54) is 41.8 Å². The van der Waals surface area contributed by atoms with Gasteiger partial charge in [-0.2, -0.15) is 23.5 Å². The highest BCUT2D eigenvalue weighted by Crippen LogP contribution is 2.32. The van der Waals surface area contributed by atoms with Crippen LogP contribution < -0.4 is 11.0 Å². The second kappa shape index (κ2) is 12.6. The van der Waals surface area contributed by atoms with Crippen molar-refractivity contribution in [2.75, 3.05) is 34.2 Å². The number of alkyl halides is 3.